The van der Waals surface area contributed by atoms with Gasteiger partial charge in [-0.15, -0.1) is 4.40 Å². The zero-order chi connectivity index (χ0) is 20.7. The second-order valence-corrected chi connectivity index (χ2v) is 7.03. The number of nitrogens with zero attached hydrogens (tertiary/aromatic N) is 1. The van der Waals surface area contributed by atoms with E-state index in [1.54, 1.807) is 18.2 Å². The van der Waals surface area contributed by atoms with E-state index >= 15 is 0 Å². The van der Waals surface area contributed by atoms with Crippen LogP contribution in [0.3, 0.4) is 0 Å². The number of benzene rings is 2. The lowest BCUT2D eigenvalue weighted by Gasteiger charge is -2.08. The summed E-state index contributed by atoms with van der Waals surface area (Å²) in [6.45, 7) is 0. The molecule has 0 saturated heterocycles. The van der Waals surface area contributed by atoms with Crippen LogP contribution in [-0.4, -0.2) is 34.4 Å². The molecule has 0 atom stereocenters. The number of carbonyl (C=O) groups is 1. The minimum Gasteiger partial charge on any atom is -0.493 e. The van der Waals surface area contributed by atoms with Crippen LogP contribution in [0.2, 0.25) is 0 Å². The van der Waals surface area contributed by atoms with E-state index in [9.17, 15) is 13.2 Å². The highest BCUT2D eigenvalue weighted by Gasteiger charge is 2.12. The number of sulfonamides is 1. The summed E-state index contributed by atoms with van der Waals surface area (Å²) in [5.74, 6) is 0.184. The number of nitrogens with one attached hydrogen (secondary N) is 1. The van der Waals surface area contributed by atoms with Crippen LogP contribution in [0.15, 0.2) is 64.0 Å². The molecule has 9 nitrogen and oxygen atoms in total. The molecular weight excluding hydrogens is 384 g/mol. The monoisotopic (exact) mass is 404 g/mol. The number of carbonyl (C=O) groups excluding carboxylic acids is 1. The van der Waals surface area contributed by atoms with E-state index in [-0.39, 0.29) is 10.7 Å². The van der Waals surface area contributed by atoms with Crippen LogP contribution in [0, 0.1) is 0 Å². The number of rotatable bonds is 8. The van der Waals surface area contributed by atoms with Crippen LogP contribution < -0.4 is 26.3 Å². The quantitative estimate of drug-likeness (QED) is 0.259. The number of anilines is 1. The Kier molecular flexibility index (Phi) is 6.61. The summed E-state index contributed by atoms with van der Waals surface area (Å²) in [6, 6.07) is 10.6. The smallest absolute Gasteiger partial charge is 0.285 e. The van der Waals surface area contributed by atoms with Crippen molar-refractivity contribution < 1.29 is 22.7 Å². The SMILES string of the molecule is COc1ccc(C(=O)/C=C/Nc2ccc(S(=O)(=O)N=C(N)N)cc2)cc1OC. The number of hydrogen-bond acceptors (Lipinski definition) is 6. The summed E-state index contributed by atoms with van der Waals surface area (Å²) in [7, 11) is -0.945. The molecule has 0 amide bonds. The van der Waals surface area contributed by atoms with E-state index in [1.165, 1.54) is 50.8 Å². The summed E-state index contributed by atoms with van der Waals surface area (Å²) < 4.78 is 37.2. The van der Waals surface area contributed by atoms with Crippen LogP contribution >= 0.6 is 0 Å². The third-order valence-electron chi connectivity index (χ3n) is 3.53. The van der Waals surface area contributed by atoms with Gasteiger partial charge in [-0.25, -0.2) is 0 Å². The Morgan fingerprint density at radius 3 is 2.25 bits per heavy atom. The standard InChI is InChI=1S/C18H20N4O5S/c1-26-16-8-3-12(11-17(16)27-2)15(23)9-10-21-13-4-6-14(7-5-13)28(24,25)22-18(19)20/h3-11,21H,1-2H3,(H4,19,20,22)/b10-9+. The second-order valence-electron chi connectivity index (χ2n) is 5.43. The van der Waals surface area contributed by atoms with Crippen molar-refractivity contribution in [2.75, 3.05) is 19.5 Å². The number of ketones is 1. The molecule has 28 heavy (non-hydrogen) atoms. The van der Waals surface area contributed by atoms with Gasteiger partial charge in [-0.1, -0.05) is 0 Å². The lowest BCUT2D eigenvalue weighted by atomic mass is 10.1. The number of nitrogens with two attached hydrogens (primary N) is 2. The molecule has 148 valence electrons. The maximum atomic E-state index is 12.3. The minimum absolute atomic E-state index is 0.0585. The van der Waals surface area contributed by atoms with Gasteiger partial charge in [0.25, 0.3) is 10.0 Å². The Labute approximate surface area is 162 Å². The zero-order valence-electron chi connectivity index (χ0n) is 15.2. The Bertz CT molecular complexity index is 1010. The van der Waals surface area contributed by atoms with Crippen LogP contribution in [0.5, 0.6) is 11.5 Å². The molecular formula is C18H20N4O5S. The number of allylic oxidation sites excluding steroid dienone is 1. The molecule has 0 aliphatic rings. The van der Waals surface area contributed by atoms with Crippen LogP contribution in [0.25, 0.3) is 0 Å². The predicted molar refractivity (Wildman–Crippen MR) is 106 cm³/mol. The number of guanidine groups is 1. The third kappa shape index (κ3) is 5.24. The molecule has 5 N–H and O–H groups in total. The third-order valence-corrected chi connectivity index (χ3v) is 4.85. The van der Waals surface area contributed by atoms with Crippen molar-refractivity contribution in [1.82, 2.24) is 0 Å². The van der Waals surface area contributed by atoms with E-state index in [0.29, 0.717) is 22.7 Å². The highest BCUT2D eigenvalue weighted by atomic mass is 32.2. The fraction of sp³-hybridized carbons (Fsp3) is 0.111. The minimum atomic E-state index is -3.94. The fourth-order valence-electron chi connectivity index (χ4n) is 2.21. The maximum Gasteiger partial charge on any atom is 0.285 e. The van der Waals surface area contributed by atoms with Gasteiger partial charge in [0, 0.05) is 23.5 Å². The van der Waals surface area contributed by atoms with Gasteiger partial charge in [-0.2, -0.15) is 8.42 Å². The van der Waals surface area contributed by atoms with E-state index in [1.807, 2.05) is 0 Å². The highest BCUT2D eigenvalue weighted by molar-refractivity contribution is 7.90. The molecule has 10 heteroatoms. The molecule has 0 aromatic heterocycles. The van der Waals surface area contributed by atoms with Crippen LogP contribution in [0.1, 0.15) is 10.4 Å². The van der Waals surface area contributed by atoms with Gasteiger partial charge < -0.3 is 26.3 Å². The Hall–Kier alpha value is -3.53. The first-order valence-electron chi connectivity index (χ1n) is 7.92. The topological polar surface area (TPSA) is 146 Å². The van der Waals surface area contributed by atoms with Crippen molar-refractivity contribution in [2.24, 2.45) is 15.9 Å². The van der Waals surface area contributed by atoms with Crippen molar-refractivity contribution in [1.29, 1.82) is 0 Å². The van der Waals surface area contributed by atoms with Gasteiger partial charge in [-0.3, -0.25) is 4.79 Å². The summed E-state index contributed by atoms with van der Waals surface area (Å²) in [4.78, 5) is 12.2. The summed E-state index contributed by atoms with van der Waals surface area (Å²) in [6.07, 6.45) is 2.78. The Morgan fingerprint density at radius 1 is 1.04 bits per heavy atom. The molecule has 2 aromatic carbocycles. The van der Waals surface area contributed by atoms with Gasteiger partial charge in [0.05, 0.1) is 19.1 Å². The predicted octanol–water partition coefficient (Wildman–Crippen LogP) is 1.47. The van der Waals surface area contributed by atoms with Crippen LogP contribution in [0.4, 0.5) is 5.69 Å². The molecule has 0 fully saturated rings. The molecule has 0 unspecified atom stereocenters. The first-order chi connectivity index (χ1) is 13.3. The molecule has 0 spiro atoms. The van der Waals surface area contributed by atoms with Crippen molar-refractivity contribution in [2.45, 2.75) is 4.90 Å². The summed E-state index contributed by atoms with van der Waals surface area (Å²) in [5, 5.41) is 2.88. The molecule has 0 aliphatic heterocycles. The zero-order valence-corrected chi connectivity index (χ0v) is 16.1. The summed E-state index contributed by atoms with van der Waals surface area (Å²) >= 11 is 0. The van der Waals surface area contributed by atoms with Crippen molar-refractivity contribution in [3.8, 4) is 11.5 Å². The molecule has 2 aromatic rings. The lowest BCUT2D eigenvalue weighted by molar-refractivity contribution is 0.104. The second kappa shape index (κ2) is 8.91. The highest BCUT2D eigenvalue weighted by Crippen LogP contribution is 2.27. The van der Waals surface area contributed by atoms with Crippen LogP contribution in [-0.2, 0) is 10.0 Å². The molecule has 0 aliphatic carbocycles. The van der Waals surface area contributed by atoms with Crippen molar-refractivity contribution in [3.05, 3.63) is 60.3 Å². The van der Waals surface area contributed by atoms with Crippen molar-refractivity contribution in [3.63, 3.8) is 0 Å². The largest absolute Gasteiger partial charge is 0.493 e. The average Bonchev–Trinajstić information content (AvgIpc) is 2.66. The van der Waals surface area contributed by atoms with Gasteiger partial charge in [-0.05, 0) is 42.5 Å². The molecule has 0 radical (unpaired) electrons. The van der Waals surface area contributed by atoms with Gasteiger partial charge in [0.15, 0.2) is 17.3 Å². The van der Waals surface area contributed by atoms with Gasteiger partial charge in [0.2, 0.25) is 5.96 Å². The normalized spacial score (nSPS) is 11.1. The van der Waals surface area contributed by atoms with E-state index < -0.39 is 16.0 Å². The van der Waals surface area contributed by atoms with Crippen molar-refractivity contribution >= 4 is 27.5 Å². The van der Waals surface area contributed by atoms with Gasteiger partial charge in [0.1, 0.15) is 0 Å². The number of hydrogen-bond donors (Lipinski definition) is 3. The maximum absolute atomic E-state index is 12.3. The fourth-order valence-corrected chi connectivity index (χ4v) is 3.08. The van der Waals surface area contributed by atoms with E-state index in [4.69, 9.17) is 20.9 Å². The number of methoxy groups -OCH3 is 2. The molecule has 0 saturated carbocycles. The molecule has 0 bridgehead atoms. The Morgan fingerprint density at radius 2 is 1.68 bits per heavy atom. The first-order valence-corrected chi connectivity index (χ1v) is 9.36. The summed E-state index contributed by atoms with van der Waals surface area (Å²) in [5.41, 5.74) is 11.2. The van der Waals surface area contributed by atoms with E-state index in [0.717, 1.165) is 0 Å². The van der Waals surface area contributed by atoms with E-state index in [2.05, 4.69) is 9.71 Å². The first kappa shape index (κ1) is 20.8. The Balaban J connectivity index is 2.07. The average molecular weight is 404 g/mol. The molecule has 0 heterocycles. The number of ether oxygens (including phenoxy) is 2. The lowest BCUT2D eigenvalue weighted by Crippen LogP contribution is -2.24. The van der Waals surface area contributed by atoms with Gasteiger partial charge >= 0.3 is 0 Å². The molecule has 2 rings (SSSR count).